The van der Waals surface area contributed by atoms with Gasteiger partial charge in [0.15, 0.2) is 17.3 Å². The molecule has 1 aliphatic carbocycles. The predicted molar refractivity (Wildman–Crippen MR) is 107 cm³/mol. The molecule has 10 nitrogen and oxygen atoms in total. The first-order valence-corrected chi connectivity index (χ1v) is 8.85. The molecule has 0 saturated heterocycles. The van der Waals surface area contributed by atoms with E-state index in [2.05, 4.69) is 10.6 Å². The summed E-state index contributed by atoms with van der Waals surface area (Å²) in [4.78, 5) is 46.6. The number of nitro groups is 1. The van der Waals surface area contributed by atoms with Crippen LogP contribution in [0.5, 0.6) is 11.5 Å². The van der Waals surface area contributed by atoms with Crippen molar-refractivity contribution >= 4 is 46.1 Å². The van der Waals surface area contributed by atoms with E-state index in [9.17, 15) is 34.7 Å². The summed E-state index contributed by atoms with van der Waals surface area (Å²) in [6.07, 6.45) is 1.90. The van der Waals surface area contributed by atoms with Crippen molar-refractivity contribution in [2.24, 2.45) is 0 Å². The van der Waals surface area contributed by atoms with Crippen molar-refractivity contribution in [1.29, 1.82) is 0 Å². The molecular formula is C19H14ClN3O7. The van der Waals surface area contributed by atoms with Crippen LogP contribution < -0.4 is 10.6 Å². The Bertz CT molecular complexity index is 1130. The fraction of sp³-hybridized carbons (Fsp3) is 0.105. The van der Waals surface area contributed by atoms with E-state index in [0.717, 1.165) is 12.2 Å². The van der Waals surface area contributed by atoms with Crippen molar-refractivity contribution in [3.63, 3.8) is 0 Å². The first kappa shape index (κ1) is 20.8. The van der Waals surface area contributed by atoms with Gasteiger partial charge in [0.1, 0.15) is 22.5 Å². The standard InChI is InChI=1S/C19H14ClN3O7/c1-8(19(28)22-9-2-4-10(5-3-9)23(29)30)21-16-15(20)17(26)13-11(24)6-7-12(25)14(13)18(16)27/h2-8,21,26-27H,1H3,(H,22,28). The van der Waals surface area contributed by atoms with Crippen LogP contribution in [0.25, 0.3) is 0 Å². The summed E-state index contributed by atoms with van der Waals surface area (Å²) in [6, 6.07) is 4.09. The molecule has 2 aromatic rings. The molecule has 4 N–H and O–H groups in total. The van der Waals surface area contributed by atoms with Crippen molar-refractivity contribution in [2.75, 3.05) is 10.6 Å². The van der Waals surface area contributed by atoms with E-state index in [1.807, 2.05) is 0 Å². The fourth-order valence-electron chi connectivity index (χ4n) is 2.82. The van der Waals surface area contributed by atoms with E-state index in [-0.39, 0.29) is 17.1 Å². The molecule has 1 atom stereocenters. The van der Waals surface area contributed by atoms with Crippen LogP contribution in [-0.4, -0.2) is 38.7 Å². The monoisotopic (exact) mass is 431 g/mol. The number of amides is 1. The Hall–Kier alpha value is -3.92. The number of allylic oxidation sites excluding steroid dienone is 2. The van der Waals surface area contributed by atoms with Crippen LogP contribution in [0, 0.1) is 10.1 Å². The highest BCUT2D eigenvalue weighted by Gasteiger charge is 2.32. The maximum absolute atomic E-state index is 12.4. The highest BCUT2D eigenvalue weighted by Crippen LogP contribution is 2.46. The van der Waals surface area contributed by atoms with Gasteiger partial charge in [-0.3, -0.25) is 24.5 Å². The molecule has 0 spiro atoms. The molecule has 0 fully saturated rings. The fourth-order valence-corrected chi connectivity index (χ4v) is 3.06. The first-order valence-electron chi connectivity index (χ1n) is 8.47. The maximum atomic E-state index is 12.4. The molecule has 154 valence electrons. The average molecular weight is 432 g/mol. The molecule has 0 heterocycles. The number of benzene rings is 2. The van der Waals surface area contributed by atoms with Gasteiger partial charge in [0, 0.05) is 17.8 Å². The minimum atomic E-state index is -1.02. The lowest BCUT2D eigenvalue weighted by Crippen LogP contribution is -2.32. The Morgan fingerprint density at radius 2 is 1.60 bits per heavy atom. The number of hydrogen-bond donors (Lipinski definition) is 4. The van der Waals surface area contributed by atoms with Gasteiger partial charge in [-0.2, -0.15) is 0 Å². The number of phenolic OH excluding ortho intramolecular Hbond substituents is 2. The third-order valence-electron chi connectivity index (χ3n) is 4.37. The first-order chi connectivity index (χ1) is 14.1. The molecule has 2 aromatic carbocycles. The van der Waals surface area contributed by atoms with Gasteiger partial charge in [0.05, 0.1) is 16.1 Å². The quantitative estimate of drug-likeness (QED) is 0.243. The summed E-state index contributed by atoms with van der Waals surface area (Å²) in [5.41, 5.74) is -0.994. The second-order valence-electron chi connectivity index (χ2n) is 6.36. The van der Waals surface area contributed by atoms with Gasteiger partial charge < -0.3 is 20.8 Å². The Morgan fingerprint density at radius 3 is 2.13 bits per heavy atom. The van der Waals surface area contributed by atoms with E-state index in [4.69, 9.17) is 11.6 Å². The molecule has 1 amide bonds. The van der Waals surface area contributed by atoms with E-state index in [1.54, 1.807) is 0 Å². The van der Waals surface area contributed by atoms with Crippen molar-refractivity contribution in [1.82, 2.24) is 0 Å². The largest absolute Gasteiger partial charge is 0.505 e. The number of carbonyl (C=O) groups is 3. The van der Waals surface area contributed by atoms with Gasteiger partial charge in [-0.1, -0.05) is 11.6 Å². The Kier molecular flexibility index (Phi) is 5.43. The van der Waals surface area contributed by atoms with Crippen LogP contribution in [0.1, 0.15) is 27.6 Å². The lowest BCUT2D eigenvalue weighted by Gasteiger charge is -2.21. The number of nitrogens with one attached hydrogen (secondary N) is 2. The van der Waals surface area contributed by atoms with Gasteiger partial charge in [0.2, 0.25) is 5.91 Å². The molecule has 0 bridgehead atoms. The molecule has 0 aromatic heterocycles. The summed E-state index contributed by atoms with van der Waals surface area (Å²) < 4.78 is 0. The number of ketones is 2. The van der Waals surface area contributed by atoms with Crippen molar-refractivity contribution < 1.29 is 29.5 Å². The van der Waals surface area contributed by atoms with Crippen molar-refractivity contribution in [3.8, 4) is 11.5 Å². The number of carbonyl (C=O) groups excluding carboxylic acids is 3. The average Bonchev–Trinajstić information content (AvgIpc) is 2.71. The summed E-state index contributed by atoms with van der Waals surface area (Å²) in [5, 5.41) is 36.1. The van der Waals surface area contributed by atoms with Gasteiger partial charge >= 0.3 is 0 Å². The van der Waals surface area contributed by atoms with Crippen LogP contribution >= 0.6 is 11.6 Å². The third-order valence-corrected chi connectivity index (χ3v) is 4.73. The van der Waals surface area contributed by atoms with E-state index >= 15 is 0 Å². The summed E-state index contributed by atoms with van der Waals surface area (Å²) >= 11 is 6.05. The zero-order valence-electron chi connectivity index (χ0n) is 15.3. The highest BCUT2D eigenvalue weighted by atomic mass is 35.5. The molecule has 0 aliphatic heterocycles. The smallest absolute Gasteiger partial charge is 0.269 e. The molecular weight excluding hydrogens is 418 g/mol. The number of nitrogens with zero attached hydrogens (tertiary/aromatic N) is 1. The van der Waals surface area contributed by atoms with Gasteiger partial charge in [-0.25, -0.2) is 0 Å². The van der Waals surface area contributed by atoms with Gasteiger partial charge in [0.25, 0.3) is 5.69 Å². The Morgan fingerprint density at radius 1 is 1.07 bits per heavy atom. The van der Waals surface area contributed by atoms with Gasteiger partial charge in [-0.15, -0.1) is 0 Å². The van der Waals surface area contributed by atoms with Crippen molar-refractivity contribution in [3.05, 3.63) is 62.7 Å². The predicted octanol–water partition coefficient (Wildman–Crippen LogP) is 3.03. The number of non-ortho nitro benzene ring substituents is 1. The second kappa shape index (κ2) is 7.84. The molecule has 1 aliphatic rings. The lowest BCUT2D eigenvalue weighted by atomic mass is 9.92. The third kappa shape index (κ3) is 3.67. The van der Waals surface area contributed by atoms with E-state index in [1.165, 1.54) is 31.2 Å². The summed E-state index contributed by atoms with van der Waals surface area (Å²) in [7, 11) is 0. The van der Waals surface area contributed by atoms with Crippen molar-refractivity contribution in [2.45, 2.75) is 13.0 Å². The molecule has 0 saturated carbocycles. The molecule has 1 unspecified atom stereocenters. The molecule has 11 heteroatoms. The number of nitro benzene ring substituents is 1. The number of aromatic hydroxyl groups is 2. The topological polar surface area (TPSA) is 159 Å². The summed E-state index contributed by atoms with van der Waals surface area (Å²) in [5.74, 6) is -3.38. The Labute approximate surface area is 173 Å². The number of phenols is 2. The Balaban J connectivity index is 1.85. The number of anilines is 2. The highest BCUT2D eigenvalue weighted by molar-refractivity contribution is 6.37. The van der Waals surface area contributed by atoms with E-state index < -0.39 is 56.1 Å². The van der Waals surface area contributed by atoms with Crippen LogP contribution in [0.2, 0.25) is 5.02 Å². The summed E-state index contributed by atoms with van der Waals surface area (Å²) in [6.45, 7) is 1.42. The SMILES string of the molecule is CC(Nc1c(O)c2c(c(O)c1Cl)C(=O)C=CC2=O)C(=O)Nc1ccc([N+](=O)[O-])cc1. The maximum Gasteiger partial charge on any atom is 0.269 e. The molecule has 3 rings (SSSR count). The number of hydrogen-bond acceptors (Lipinski definition) is 8. The van der Waals surface area contributed by atoms with Crippen LogP contribution in [0.3, 0.4) is 0 Å². The minimum Gasteiger partial charge on any atom is -0.505 e. The van der Waals surface area contributed by atoms with Gasteiger partial charge in [-0.05, 0) is 31.2 Å². The van der Waals surface area contributed by atoms with Crippen LogP contribution in [0.15, 0.2) is 36.4 Å². The van der Waals surface area contributed by atoms with Crippen LogP contribution in [0.4, 0.5) is 17.1 Å². The number of fused-ring (bicyclic) bond motifs is 1. The number of rotatable bonds is 5. The molecule has 0 radical (unpaired) electrons. The normalized spacial score (nSPS) is 13.5. The minimum absolute atomic E-state index is 0.145. The zero-order chi connectivity index (χ0) is 22.2. The molecule has 30 heavy (non-hydrogen) atoms. The van der Waals surface area contributed by atoms with E-state index in [0.29, 0.717) is 0 Å². The lowest BCUT2D eigenvalue weighted by molar-refractivity contribution is -0.384. The second-order valence-corrected chi connectivity index (χ2v) is 6.74. The number of halogens is 1. The zero-order valence-corrected chi connectivity index (χ0v) is 16.1. The van der Waals surface area contributed by atoms with Crippen LogP contribution in [-0.2, 0) is 4.79 Å².